The number of nitro benzene ring substituents is 1. The predicted molar refractivity (Wildman–Crippen MR) is 131 cm³/mol. The number of sulfonamides is 1. The molecule has 13 heteroatoms. The summed E-state index contributed by atoms with van der Waals surface area (Å²) in [7, 11) is -4.33. The number of nitrogens with one attached hydrogen (secondary N) is 1. The Labute approximate surface area is 213 Å². The zero-order valence-electron chi connectivity index (χ0n) is 18.8. The molecule has 3 atom stereocenters. The Hall–Kier alpha value is -2.31. The number of hydrogen-bond acceptors (Lipinski definition) is 6. The second kappa shape index (κ2) is 10.8. The molecule has 0 aliphatic carbocycles. The number of carbonyl (C=O) groups excluding carboxylic acids is 1. The van der Waals surface area contributed by atoms with Crippen LogP contribution in [-0.2, 0) is 14.8 Å². The fourth-order valence-corrected chi connectivity index (χ4v) is 6.49. The number of amides is 1. The third-order valence-corrected chi connectivity index (χ3v) is 8.54. The van der Waals surface area contributed by atoms with Crippen molar-refractivity contribution in [1.29, 1.82) is 0 Å². The van der Waals surface area contributed by atoms with Crippen molar-refractivity contribution in [2.75, 3.05) is 32.7 Å². The molecule has 4 rings (SSSR count). The van der Waals surface area contributed by atoms with E-state index in [0.717, 1.165) is 16.4 Å². The van der Waals surface area contributed by atoms with Gasteiger partial charge in [0.15, 0.2) is 4.90 Å². The third-order valence-electron chi connectivity index (χ3n) is 6.43. The molecule has 1 amide bonds. The Bertz CT molecular complexity index is 1230. The number of benzene rings is 2. The van der Waals surface area contributed by atoms with E-state index in [1.54, 1.807) is 4.90 Å². The van der Waals surface area contributed by atoms with Crippen LogP contribution in [0.1, 0.15) is 18.4 Å². The molecule has 0 bridgehead atoms. The van der Waals surface area contributed by atoms with Gasteiger partial charge in [0.05, 0.1) is 10.8 Å². The minimum Gasteiger partial charge on any atom is -0.337 e. The average molecular weight is 547 g/mol. The maximum absolute atomic E-state index is 14.9. The van der Waals surface area contributed by atoms with Gasteiger partial charge in [0, 0.05) is 55.8 Å². The van der Waals surface area contributed by atoms with Gasteiger partial charge in [-0.2, -0.15) is 4.31 Å². The van der Waals surface area contributed by atoms with Crippen molar-refractivity contribution in [2.45, 2.75) is 23.8 Å². The fraction of sp³-hybridized carbons (Fsp3) is 0.409. The summed E-state index contributed by atoms with van der Waals surface area (Å²) in [6.07, 6.45) is 0. The van der Waals surface area contributed by atoms with Crippen LogP contribution in [0.15, 0.2) is 47.4 Å². The highest BCUT2D eigenvalue weighted by molar-refractivity contribution is 7.89. The number of nitrogens with zero attached hydrogens (tertiary/aromatic N) is 3. The van der Waals surface area contributed by atoms with Crippen LogP contribution >= 0.6 is 24.0 Å². The molecule has 2 heterocycles. The van der Waals surface area contributed by atoms with Gasteiger partial charge in [-0.3, -0.25) is 14.9 Å². The van der Waals surface area contributed by atoms with Crippen LogP contribution in [-0.4, -0.2) is 67.2 Å². The topological polar surface area (TPSA) is 113 Å². The van der Waals surface area contributed by atoms with Gasteiger partial charge in [0.2, 0.25) is 15.9 Å². The van der Waals surface area contributed by atoms with Crippen molar-refractivity contribution in [1.82, 2.24) is 14.5 Å². The van der Waals surface area contributed by atoms with Crippen molar-refractivity contribution in [2.24, 2.45) is 5.92 Å². The molecule has 2 saturated heterocycles. The Balaban J connectivity index is 0.00000342. The molecule has 190 valence electrons. The van der Waals surface area contributed by atoms with Gasteiger partial charge in [-0.1, -0.05) is 29.8 Å². The van der Waals surface area contributed by atoms with Crippen molar-refractivity contribution in [3.8, 4) is 0 Å². The summed E-state index contributed by atoms with van der Waals surface area (Å²) < 4.78 is 42.9. The van der Waals surface area contributed by atoms with Gasteiger partial charge in [0.1, 0.15) is 5.82 Å². The van der Waals surface area contributed by atoms with Crippen LogP contribution in [0.4, 0.5) is 10.1 Å². The first-order valence-electron chi connectivity index (χ1n) is 10.8. The number of nitro groups is 1. The first-order chi connectivity index (χ1) is 16.1. The molecule has 2 aliphatic rings. The van der Waals surface area contributed by atoms with Crippen LogP contribution < -0.4 is 5.32 Å². The molecule has 2 aromatic carbocycles. The number of carbonyl (C=O) groups is 1. The Morgan fingerprint density at radius 1 is 1.23 bits per heavy atom. The lowest BCUT2D eigenvalue weighted by Gasteiger charge is -2.36. The Kier molecular flexibility index (Phi) is 8.38. The van der Waals surface area contributed by atoms with Gasteiger partial charge >= 0.3 is 0 Å². The minimum atomic E-state index is -4.33. The summed E-state index contributed by atoms with van der Waals surface area (Å²) in [5, 5.41) is 14.8. The lowest BCUT2D eigenvalue weighted by molar-refractivity contribution is -0.387. The highest BCUT2D eigenvalue weighted by atomic mass is 35.5. The third kappa shape index (κ3) is 5.29. The van der Waals surface area contributed by atoms with Crippen LogP contribution in [0, 0.1) is 21.8 Å². The number of hydrogen-bond donors (Lipinski definition) is 1. The van der Waals surface area contributed by atoms with Crippen molar-refractivity contribution >= 4 is 45.6 Å². The molecule has 2 aliphatic heterocycles. The molecule has 2 aromatic rings. The van der Waals surface area contributed by atoms with Crippen LogP contribution in [0.25, 0.3) is 0 Å². The molecule has 0 radical (unpaired) electrons. The molecule has 0 saturated carbocycles. The van der Waals surface area contributed by atoms with E-state index in [-0.39, 0.29) is 48.0 Å². The van der Waals surface area contributed by atoms with Crippen molar-refractivity contribution < 1.29 is 22.5 Å². The number of halogens is 3. The first-order valence-corrected chi connectivity index (χ1v) is 12.6. The van der Waals surface area contributed by atoms with E-state index in [4.69, 9.17) is 11.6 Å². The normalized spacial score (nSPS) is 23.1. The van der Waals surface area contributed by atoms with E-state index < -0.39 is 43.2 Å². The highest BCUT2D eigenvalue weighted by Crippen LogP contribution is 2.40. The average Bonchev–Trinajstić information content (AvgIpc) is 3.25. The zero-order valence-corrected chi connectivity index (χ0v) is 21.2. The fourth-order valence-electron chi connectivity index (χ4n) is 4.68. The maximum Gasteiger partial charge on any atom is 0.289 e. The van der Waals surface area contributed by atoms with Crippen molar-refractivity contribution in [3.63, 3.8) is 0 Å². The van der Waals surface area contributed by atoms with Gasteiger partial charge in [-0.25, -0.2) is 12.8 Å². The summed E-state index contributed by atoms with van der Waals surface area (Å²) >= 11 is 5.90. The van der Waals surface area contributed by atoms with E-state index in [1.165, 1.54) is 30.3 Å². The maximum atomic E-state index is 14.9. The number of para-hydroxylation sites is 1. The number of rotatable bonds is 5. The van der Waals surface area contributed by atoms with E-state index in [2.05, 4.69) is 5.32 Å². The second-order valence-electron chi connectivity index (χ2n) is 8.51. The smallest absolute Gasteiger partial charge is 0.289 e. The molecule has 0 unspecified atom stereocenters. The Morgan fingerprint density at radius 3 is 2.60 bits per heavy atom. The second-order valence-corrected chi connectivity index (χ2v) is 10.9. The lowest BCUT2D eigenvalue weighted by atomic mass is 9.87. The lowest BCUT2D eigenvalue weighted by Crippen LogP contribution is -2.54. The highest BCUT2D eigenvalue weighted by Gasteiger charge is 2.47. The van der Waals surface area contributed by atoms with Gasteiger partial charge in [-0.15, -0.1) is 12.4 Å². The quantitative estimate of drug-likeness (QED) is 0.455. The molecule has 0 aromatic heterocycles. The predicted octanol–water partition coefficient (Wildman–Crippen LogP) is 3.03. The number of piperazine rings is 1. The van der Waals surface area contributed by atoms with E-state index in [9.17, 15) is 27.7 Å². The van der Waals surface area contributed by atoms with Gasteiger partial charge in [0.25, 0.3) is 5.69 Å². The molecule has 2 fully saturated rings. The van der Waals surface area contributed by atoms with Crippen LogP contribution in [0.3, 0.4) is 0 Å². The van der Waals surface area contributed by atoms with E-state index >= 15 is 0 Å². The molecule has 35 heavy (non-hydrogen) atoms. The van der Waals surface area contributed by atoms with E-state index in [1.807, 2.05) is 6.92 Å². The summed E-state index contributed by atoms with van der Waals surface area (Å²) in [5.41, 5.74) is -0.368. The van der Waals surface area contributed by atoms with Crippen molar-refractivity contribution in [3.05, 3.63) is 69.0 Å². The van der Waals surface area contributed by atoms with Gasteiger partial charge < -0.3 is 10.2 Å². The summed E-state index contributed by atoms with van der Waals surface area (Å²) in [4.78, 5) is 25.5. The standard InChI is InChI=1S/C22H24ClFN4O5S.ClH/c1-14-11-25-8-9-27(14)22(29)18-13-26(12-17(18)16-7-6-15(23)10-19(16)24)34(32,33)21-5-3-2-4-20(21)28(30)31;/h2-7,10,14,17-18,25H,8-9,11-13H2,1H3;1H/t14-,17-,18+;/m0./s1. The monoisotopic (exact) mass is 546 g/mol. The largest absolute Gasteiger partial charge is 0.337 e. The minimum absolute atomic E-state index is 0. The van der Waals surface area contributed by atoms with E-state index in [0.29, 0.717) is 19.6 Å². The van der Waals surface area contributed by atoms with Crippen LogP contribution in [0.5, 0.6) is 0 Å². The first kappa shape index (κ1) is 27.3. The summed E-state index contributed by atoms with van der Waals surface area (Å²) in [6, 6.07) is 9.04. The Morgan fingerprint density at radius 2 is 1.94 bits per heavy atom. The molecular formula is C22H25Cl2FN4O5S. The SMILES string of the molecule is C[C@H]1CNCCN1C(=O)[C@@H]1CN(S(=O)(=O)c2ccccc2[N+](=O)[O-])C[C@H]1c1ccc(Cl)cc1F.Cl. The van der Waals surface area contributed by atoms with Crippen LogP contribution in [0.2, 0.25) is 5.02 Å². The summed E-state index contributed by atoms with van der Waals surface area (Å²) in [5.74, 6) is -2.53. The molecule has 0 spiro atoms. The zero-order chi connectivity index (χ0) is 24.6. The molecule has 1 N–H and O–H groups in total. The molecular weight excluding hydrogens is 522 g/mol. The molecule has 9 nitrogen and oxygen atoms in total. The van der Waals surface area contributed by atoms with Gasteiger partial charge in [-0.05, 0) is 30.7 Å². The summed E-state index contributed by atoms with van der Waals surface area (Å²) in [6.45, 7) is 3.13.